The third kappa shape index (κ3) is 4.22. The number of hydrogen-bond donors (Lipinski definition) is 0. The van der Waals surface area contributed by atoms with Gasteiger partial charge in [0.25, 0.3) is 5.91 Å². The number of amides is 1. The van der Waals surface area contributed by atoms with E-state index in [0.717, 1.165) is 11.3 Å². The molecular weight excluding hydrogens is 372 g/mol. The Morgan fingerprint density at radius 1 is 1.11 bits per heavy atom. The molecule has 0 radical (unpaired) electrons. The standard InChI is InChI=1S/C22H24N2O3S/c1-6-27-18-10-8-16(12-19(18)26-5)13-20-21(25)24(4)22(28-20)23-17-9-7-14(2)15(3)11-17/h7-13H,6H2,1-5H3/b20-13+,23-22?. The van der Waals surface area contributed by atoms with Gasteiger partial charge in [-0.2, -0.15) is 0 Å². The zero-order valence-corrected chi connectivity index (χ0v) is 17.6. The van der Waals surface area contributed by atoms with E-state index < -0.39 is 0 Å². The van der Waals surface area contributed by atoms with Gasteiger partial charge in [-0.3, -0.25) is 9.69 Å². The Labute approximate surface area is 170 Å². The van der Waals surface area contributed by atoms with Gasteiger partial charge >= 0.3 is 0 Å². The first kappa shape index (κ1) is 20.0. The highest BCUT2D eigenvalue weighted by molar-refractivity contribution is 8.18. The number of nitrogens with zero attached hydrogens (tertiary/aromatic N) is 2. The van der Waals surface area contributed by atoms with Gasteiger partial charge in [-0.15, -0.1) is 0 Å². The van der Waals surface area contributed by atoms with E-state index in [1.807, 2.05) is 49.4 Å². The molecule has 1 aliphatic rings. The Morgan fingerprint density at radius 2 is 1.89 bits per heavy atom. The molecule has 146 valence electrons. The van der Waals surface area contributed by atoms with Crippen molar-refractivity contribution < 1.29 is 14.3 Å². The number of benzene rings is 2. The highest BCUT2D eigenvalue weighted by atomic mass is 32.2. The lowest BCUT2D eigenvalue weighted by molar-refractivity contribution is -0.121. The van der Waals surface area contributed by atoms with Gasteiger partial charge in [-0.1, -0.05) is 12.1 Å². The van der Waals surface area contributed by atoms with E-state index in [4.69, 9.17) is 9.47 Å². The van der Waals surface area contributed by atoms with Crippen LogP contribution in [0.2, 0.25) is 0 Å². The summed E-state index contributed by atoms with van der Waals surface area (Å²) in [7, 11) is 3.35. The Bertz CT molecular complexity index is 966. The molecule has 0 saturated carbocycles. The molecule has 5 nitrogen and oxygen atoms in total. The monoisotopic (exact) mass is 396 g/mol. The Morgan fingerprint density at radius 3 is 2.57 bits per heavy atom. The highest BCUT2D eigenvalue weighted by Gasteiger charge is 2.30. The van der Waals surface area contributed by atoms with Gasteiger partial charge in [0.2, 0.25) is 0 Å². The second-order valence-electron chi connectivity index (χ2n) is 6.48. The number of aryl methyl sites for hydroxylation is 2. The normalized spacial score (nSPS) is 16.9. The number of rotatable bonds is 5. The Balaban J connectivity index is 1.88. The molecule has 1 amide bonds. The summed E-state index contributed by atoms with van der Waals surface area (Å²) >= 11 is 1.37. The Hall–Kier alpha value is -2.73. The molecular formula is C22H24N2O3S. The second kappa shape index (κ2) is 8.52. The molecule has 2 aromatic rings. The van der Waals surface area contributed by atoms with Crippen molar-refractivity contribution in [1.82, 2.24) is 4.90 Å². The zero-order chi connectivity index (χ0) is 20.3. The number of likely N-dealkylation sites (N-methyl/N-ethyl adjacent to an activating group) is 1. The van der Waals surface area contributed by atoms with Crippen LogP contribution in [0.4, 0.5) is 5.69 Å². The molecule has 1 aliphatic heterocycles. The second-order valence-corrected chi connectivity index (χ2v) is 7.49. The summed E-state index contributed by atoms with van der Waals surface area (Å²) in [4.78, 5) is 19.5. The number of methoxy groups -OCH3 is 1. The van der Waals surface area contributed by atoms with Crippen LogP contribution >= 0.6 is 11.8 Å². The van der Waals surface area contributed by atoms with Gasteiger partial charge in [0.1, 0.15) is 0 Å². The highest BCUT2D eigenvalue weighted by Crippen LogP contribution is 2.35. The van der Waals surface area contributed by atoms with Crippen molar-refractivity contribution in [2.75, 3.05) is 20.8 Å². The minimum atomic E-state index is -0.0690. The van der Waals surface area contributed by atoms with Crippen LogP contribution in [0.15, 0.2) is 46.3 Å². The molecule has 0 unspecified atom stereocenters. The summed E-state index contributed by atoms with van der Waals surface area (Å²) in [6, 6.07) is 11.7. The minimum Gasteiger partial charge on any atom is -0.493 e. The lowest BCUT2D eigenvalue weighted by atomic mass is 10.1. The summed E-state index contributed by atoms with van der Waals surface area (Å²) in [6.45, 7) is 6.61. The predicted molar refractivity (Wildman–Crippen MR) is 116 cm³/mol. The van der Waals surface area contributed by atoms with Crippen LogP contribution < -0.4 is 9.47 Å². The maximum Gasteiger partial charge on any atom is 0.266 e. The Kier molecular flexibility index (Phi) is 6.09. The molecule has 0 bridgehead atoms. The molecule has 28 heavy (non-hydrogen) atoms. The van der Waals surface area contributed by atoms with Crippen molar-refractivity contribution in [3.8, 4) is 11.5 Å². The number of amidine groups is 1. The third-order valence-electron chi connectivity index (χ3n) is 4.50. The smallest absolute Gasteiger partial charge is 0.266 e. The SMILES string of the molecule is CCOc1ccc(/C=C2/SC(=Nc3ccc(C)c(C)c3)N(C)C2=O)cc1OC. The number of hydrogen-bond acceptors (Lipinski definition) is 5. The van der Waals surface area contributed by atoms with Gasteiger partial charge in [0.15, 0.2) is 16.7 Å². The molecule has 1 saturated heterocycles. The van der Waals surface area contributed by atoms with Crippen LogP contribution in [0.25, 0.3) is 6.08 Å². The summed E-state index contributed by atoms with van der Waals surface area (Å²) in [6.07, 6.45) is 1.85. The lowest BCUT2D eigenvalue weighted by Crippen LogP contribution is -2.23. The molecule has 0 spiro atoms. The molecule has 6 heteroatoms. The summed E-state index contributed by atoms with van der Waals surface area (Å²) < 4.78 is 10.9. The van der Waals surface area contributed by atoms with E-state index in [0.29, 0.717) is 28.2 Å². The van der Waals surface area contributed by atoms with Crippen molar-refractivity contribution in [2.45, 2.75) is 20.8 Å². The van der Waals surface area contributed by atoms with Gasteiger partial charge in [-0.25, -0.2) is 4.99 Å². The zero-order valence-electron chi connectivity index (χ0n) is 16.8. The first-order chi connectivity index (χ1) is 13.4. The maximum absolute atomic E-state index is 12.7. The van der Waals surface area contributed by atoms with Crippen LogP contribution in [-0.4, -0.2) is 36.7 Å². The van der Waals surface area contributed by atoms with Crippen LogP contribution in [0, 0.1) is 13.8 Å². The first-order valence-electron chi connectivity index (χ1n) is 9.07. The van der Waals surface area contributed by atoms with Gasteiger partial charge in [0.05, 0.1) is 24.3 Å². The molecule has 1 fully saturated rings. The number of thioether (sulfide) groups is 1. The summed E-state index contributed by atoms with van der Waals surface area (Å²) in [5.41, 5.74) is 4.11. The largest absolute Gasteiger partial charge is 0.493 e. The lowest BCUT2D eigenvalue weighted by Gasteiger charge is -2.09. The van der Waals surface area contributed by atoms with Gasteiger partial charge in [0, 0.05) is 7.05 Å². The molecule has 3 rings (SSSR count). The average molecular weight is 397 g/mol. The molecule has 2 aromatic carbocycles. The van der Waals surface area contributed by atoms with Crippen LogP contribution in [0.3, 0.4) is 0 Å². The van der Waals surface area contributed by atoms with E-state index in [-0.39, 0.29) is 5.91 Å². The van der Waals surface area contributed by atoms with Gasteiger partial charge < -0.3 is 9.47 Å². The van der Waals surface area contributed by atoms with Crippen LogP contribution in [-0.2, 0) is 4.79 Å². The molecule has 1 heterocycles. The van der Waals surface area contributed by atoms with Crippen molar-refractivity contribution in [1.29, 1.82) is 0 Å². The van der Waals surface area contributed by atoms with E-state index in [9.17, 15) is 4.79 Å². The summed E-state index contributed by atoms with van der Waals surface area (Å²) in [5.74, 6) is 1.26. The maximum atomic E-state index is 12.7. The molecule has 0 atom stereocenters. The quantitative estimate of drug-likeness (QED) is 0.672. The molecule has 0 aliphatic carbocycles. The van der Waals surface area contributed by atoms with Crippen molar-refractivity contribution >= 4 is 34.6 Å². The third-order valence-corrected chi connectivity index (χ3v) is 5.56. The average Bonchev–Trinajstić information content (AvgIpc) is 2.94. The fourth-order valence-corrected chi connectivity index (χ4v) is 3.74. The van der Waals surface area contributed by atoms with Crippen molar-refractivity contribution in [3.63, 3.8) is 0 Å². The number of aliphatic imine (C=N–C) groups is 1. The van der Waals surface area contributed by atoms with Crippen LogP contribution in [0.5, 0.6) is 11.5 Å². The number of carbonyl (C=O) groups is 1. The minimum absolute atomic E-state index is 0.0690. The van der Waals surface area contributed by atoms with Gasteiger partial charge in [-0.05, 0) is 79.6 Å². The van der Waals surface area contributed by atoms with E-state index in [1.165, 1.54) is 22.9 Å². The van der Waals surface area contributed by atoms with E-state index in [1.54, 1.807) is 19.1 Å². The fourth-order valence-electron chi connectivity index (χ4n) is 2.76. The predicted octanol–water partition coefficient (Wildman–Crippen LogP) is 4.94. The van der Waals surface area contributed by atoms with E-state index in [2.05, 4.69) is 18.8 Å². The van der Waals surface area contributed by atoms with E-state index >= 15 is 0 Å². The topological polar surface area (TPSA) is 51.1 Å². The fraction of sp³-hybridized carbons (Fsp3) is 0.273. The first-order valence-corrected chi connectivity index (χ1v) is 9.89. The molecule has 0 aromatic heterocycles. The van der Waals surface area contributed by atoms with Crippen LogP contribution in [0.1, 0.15) is 23.6 Å². The van der Waals surface area contributed by atoms with Crippen molar-refractivity contribution in [2.24, 2.45) is 4.99 Å². The number of ether oxygens (including phenoxy) is 2. The summed E-state index contributed by atoms with van der Waals surface area (Å²) in [5, 5.41) is 0.664. The number of carbonyl (C=O) groups excluding carboxylic acids is 1. The molecule has 0 N–H and O–H groups in total. The van der Waals surface area contributed by atoms with Crippen molar-refractivity contribution in [3.05, 3.63) is 58.0 Å².